The fourth-order valence-electron chi connectivity index (χ4n) is 2.97. The molecule has 0 radical (unpaired) electrons. The zero-order chi connectivity index (χ0) is 16.4. The van der Waals surface area contributed by atoms with Gasteiger partial charge in [0, 0.05) is 38.8 Å². The van der Waals surface area contributed by atoms with Crippen molar-refractivity contribution in [3.8, 4) is 0 Å². The van der Waals surface area contributed by atoms with Crippen LogP contribution in [-0.2, 0) is 14.8 Å². The van der Waals surface area contributed by atoms with E-state index in [9.17, 15) is 13.2 Å². The lowest BCUT2D eigenvalue weighted by Gasteiger charge is -2.38. The molecule has 1 N–H and O–H groups in total. The molecule has 2 rings (SSSR count). The molecule has 2 fully saturated rings. The number of rotatable bonds is 3. The number of carbonyl (C=O) groups excluding carboxylic acids is 1. The molecule has 1 unspecified atom stereocenters. The number of piperazine rings is 1. The van der Waals surface area contributed by atoms with E-state index in [4.69, 9.17) is 4.74 Å². The second kappa shape index (κ2) is 6.72. The van der Waals surface area contributed by atoms with Crippen molar-refractivity contribution in [3.63, 3.8) is 0 Å². The van der Waals surface area contributed by atoms with E-state index in [0.29, 0.717) is 32.8 Å². The maximum atomic E-state index is 12.3. The molecule has 2 aliphatic heterocycles. The highest BCUT2D eigenvalue weighted by atomic mass is 32.2. The van der Waals surface area contributed by atoms with E-state index in [1.807, 2.05) is 13.8 Å². The third-order valence-electron chi connectivity index (χ3n) is 4.31. The SMILES string of the molecule is CCS(=O)(=O)N1CCN(C(=O)NC2CCOC(C)(C)C2)CC1. The molecule has 2 aliphatic rings. The first-order valence-electron chi connectivity index (χ1n) is 7.91. The van der Waals surface area contributed by atoms with Gasteiger partial charge >= 0.3 is 6.03 Å². The summed E-state index contributed by atoms with van der Waals surface area (Å²) in [6.45, 7) is 7.99. The lowest BCUT2D eigenvalue weighted by atomic mass is 9.94. The minimum atomic E-state index is -3.15. The summed E-state index contributed by atoms with van der Waals surface area (Å²) < 4.78 is 30.7. The molecule has 0 saturated carbocycles. The van der Waals surface area contributed by atoms with Crippen LogP contribution in [-0.4, -0.2) is 73.8 Å². The largest absolute Gasteiger partial charge is 0.375 e. The molecule has 0 aromatic heterocycles. The van der Waals surface area contributed by atoms with Gasteiger partial charge in [-0.05, 0) is 33.6 Å². The summed E-state index contributed by atoms with van der Waals surface area (Å²) in [7, 11) is -3.15. The summed E-state index contributed by atoms with van der Waals surface area (Å²) in [6.07, 6.45) is 1.61. The monoisotopic (exact) mass is 333 g/mol. The van der Waals surface area contributed by atoms with Gasteiger partial charge in [0.25, 0.3) is 0 Å². The van der Waals surface area contributed by atoms with Crippen molar-refractivity contribution in [2.24, 2.45) is 0 Å². The van der Waals surface area contributed by atoms with Crippen LogP contribution in [0, 0.1) is 0 Å². The van der Waals surface area contributed by atoms with E-state index in [2.05, 4.69) is 5.32 Å². The highest BCUT2D eigenvalue weighted by Crippen LogP contribution is 2.24. The standard InChI is InChI=1S/C14H27N3O4S/c1-4-22(19,20)17-8-6-16(7-9-17)13(18)15-12-5-10-21-14(2,3)11-12/h12H,4-11H2,1-3H3,(H,15,18). The van der Waals surface area contributed by atoms with E-state index in [-0.39, 0.29) is 23.4 Å². The second-order valence-electron chi connectivity index (χ2n) is 6.53. The normalized spacial score (nSPS) is 26.7. The van der Waals surface area contributed by atoms with Crippen LogP contribution in [0.2, 0.25) is 0 Å². The van der Waals surface area contributed by atoms with Crippen LogP contribution in [0.25, 0.3) is 0 Å². The quantitative estimate of drug-likeness (QED) is 0.821. The van der Waals surface area contributed by atoms with Crippen molar-refractivity contribution in [1.29, 1.82) is 0 Å². The van der Waals surface area contributed by atoms with Crippen LogP contribution >= 0.6 is 0 Å². The Bertz CT molecular complexity index is 498. The molecular formula is C14H27N3O4S. The smallest absolute Gasteiger partial charge is 0.317 e. The molecular weight excluding hydrogens is 306 g/mol. The number of nitrogens with one attached hydrogen (secondary N) is 1. The molecule has 128 valence electrons. The number of ether oxygens (including phenoxy) is 1. The van der Waals surface area contributed by atoms with Gasteiger partial charge < -0.3 is 15.0 Å². The van der Waals surface area contributed by atoms with Gasteiger partial charge in [0.2, 0.25) is 10.0 Å². The summed E-state index contributed by atoms with van der Waals surface area (Å²) in [5, 5.41) is 3.05. The Kier molecular flexibility index (Phi) is 5.34. The molecule has 0 aromatic rings. The molecule has 7 nitrogen and oxygen atoms in total. The van der Waals surface area contributed by atoms with Crippen molar-refractivity contribution in [3.05, 3.63) is 0 Å². The minimum Gasteiger partial charge on any atom is -0.375 e. The summed E-state index contributed by atoms with van der Waals surface area (Å²) in [4.78, 5) is 14.0. The molecule has 2 amide bonds. The number of sulfonamides is 1. The molecule has 0 bridgehead atoms. The van der Waals surface area contributed by atoms with Crippen LogP contribution in [0.4, 0.5) is 4.79 Å². The van der Waals surface area contributed by atoms with Gasteiger partial charge in [-0.25, -0.2) is 13.2 Å². The van der Waals surface area contributed by atoms with E-state index in [1.54, 1.807) is 11.8 Å². The number of nitrogens with zero attached hydrogens (tertiary/aromatic N) is 2. The second-order valence-corrected chi connectivity index (χ2v) is 8.79. The van der Waals surface area contributed by atoms with E-state index in [1.165, 1.54) is 4.31 Å². The molecule has 2 saturated heterocycles. The number of hydrogen-bond donors (Lipinski definition) is 1. The maximum Gasteiger partial charge on any atom is 0.317 e. The molecule has 0 aromatic carbocycles. The fourth-order valence-corrected chi connectivity index (χ4v) is 4.06. The summed E-state index contributed by atoms with van der Waals surface area (Å²) in [5.41, 5.74) is -0.204. The number of carbonyl (C=O) groups is 1. The minimum absolute atomic E-state index is 0.101. The highest BCUT2D eigenvalue weighted by Gasteiger charge is 2.32. The Hall–Kier alpha value is -0.860. The average molecular weight is 333 g/mol. The lowest BCUT2D eigenvalue weighted by Crippen LogP contribution is -2.56. The first kappa shape index (κ1) is 17.5. The highest BCUT2D eigenvalue weighted by molar-refractivity contribution is 7.89. The van der Waals surface area contributed by atoms with Gasteiger partial charge in [-0.1, -0.05) is 0 Å². The molecule has 22 heavy (non-hydrogen) atoms. The number of amides is 2. The van der Waals surface area contributed by atoms with Crippen molar-refractivity contribution >= 4 is 16.1 Å². The summed E-state index contributed by atoms with van der Waals surface area (Å²) >= 11 is 0. The predicted octanol–water partition coefficient (Wildman–Crippen LogP) is 0.621. The van der Waals surface area contributed by atoms with Crippen LogP contribution in [0.5, 0.6) is 0 Å². The van der Waals surface area contributed by atoms with Crippen molar-refractivity contribution in [1.82, 2.24) is 14.5 Å². The van der Waals surface area contributed by atoms with Crippen molar-refractivity contribution in [2.45, 2.75) is 45.3 Å². The molecule has 0 aliphatic carbocycles. The van der Waals surface area contributed by atoms with Crippen LogP contribution in [0.1, 0.15) is 33.6 Å². The van der Waals surface area contributed by atoms with Gasteiger partial charge in [-0.3, -0.25) is 0 Å². The van der Waals surface area contributed by atoms with Crippen molar-refractivity contribution < 1.29 is 17.9 Å². The third-order valence-corrected chi connectivity index (χ3v) is 6.19. The van der Waals surface area contributed by atoms with Gasteiger partial charge in [0.05, 0.1) is 11.4 Å². The number of urea groups is 1. The third kappa shape index (κ3) is 4.33. The van der Waals surface area contributed by atoms with E-state index < -0.39 is 10.0 Å². The van der Waals surface area contributed by atoms with E-state index >= 15 is 0 Å². The first-order valence-corrected chi connectivity index (χ1v) is 9.52. The lowest BCUT2D eigenvalue weighted by molar-refractivity contribution is -0.0616. The molecule has 2 heterocycles. The van der Waals surface area contributed by atoms with Crippen LogP contribution in [0.15, 0.2) is 0 Å². The van der Waals surface area contributed by atoms with E-state index in [0.717, 1.165) is 12.8 Å². The summed E-state index contributed by atoms with van der Waals surface area (Å²) in [5.74, 6) is 0.107. The number of hydrogen-bond acceptors (Lipinski definition) is 4. The van der Waals surface area contributed by atoms with Crippen LogP contribution < -0.4 is 5.32 Å². The predicted molar refractivity (Wildman–Crippen MR) is 84.2 cm³/mol. The van der Waals surface area contributed by atoms with Crippen molar-refractivity contribution in [2.75, 3.05) is 38.5 Å². The topological polar surface area (TPSA) is 79.0 Å². The zero-order valence-corrected chi connectivity index (χ0v) is 14.5. The summed E-state index contributed by atoms with van der Waals surface area (Å²) in [6, 6.07) is 0.0184. The van der Waals surface area contributed by atoms with Gasteiger partial charge in [0.1, 0.15) is 0 Å². The Balaban J connectivity index is 1.83. The van der Waals surface area contributed by atoms with Gasteiger partial charge in [-0.2, -0.15) is 4.31 Å². The molecule has 1 atom stereocenters. The average Bonchev–Trinajstić information content (AvgIpc) is 2.46. The Morgan fingerprint density at radius 2 is 1.91 bits per heavy atom. The van der Waals surface area contributed by atoms with Crippen LogP contribution in [0.3, 0.4) is 0 Å². The maximum absolute atomic E-state index is 12.3. The first-order chi connectivity index (χ1) is 10.2. The fraction of sp³-hybridized carbons (Fsp3) is 0.929. The van der Waals surface area contributed by atoms with Gasteiger partial charge in [-0.15, -0.1) is 0 Å². The Labute approximate surface area is 133 Å². The van der Waals surface area contributed by atoms with Gasteiger partial charge in [0.15, 0.2) is 0 Å². The zero-order valence-electron chi connectivity index (χ0n) is 13.7. The Morgan fingerprint density at radius 3 is 2.45 bits per heavy atom. The Morgan fingerprint density at radius 1 is 1.27 bits per heavy atom. The molecule has 0 spiro atoms. The molecule has 8 heteroatoms.